The summed E-state index contributed by atoms with van der Waals surface area (Å²) < 4.78 is 9.31. The second-order valence-corrected chi connectivity index (χ2v) is 4.90. The minimum atomic E-state index is 0.345. The fourth-order valence-electron chi connectivity index (χ4n) is 2.37. The van der Waals surface area contributed by atoms with Crippen LogP contribution in [-0.4, -0.2) is 31.4 Å². The molecule has 21 heavy (non-hydrogen) atoms. The number of alkyl halides is 1. The van der Waals surface area contributed by atoms with Gasteiger partial charge in [0.15, 0.2) is 5.82 Å². The van der Waals surface area contributed by atoms with Crippen molar-refractivity contribution in [1.82, 2.24) is 24.3 Å². The number of benzene rings is 1. The van der Waals surface area contributed by atoms with Gasteiger partial charge in [-0.25, -0.2) is 4.98 Å². The zero-order valence-corrected chi connectivity index (χ0v) is 12.7. The van der Waals surface area contributed by atoms with Crippen LogP contribution in [0.1, 0.15) is 18.6 Å². The van der Waals surface area contributed by atoms with Crippen molar-refractivity contribution in [1.29, 1.82) is 0 Å². The second kappa shape index (κ2) is 5.73. The number of methoxy groups -OCH3 is 1. The highest BCUT2D eigenvalue weighted by molar-refractivity contribution is 6.16. The summed E-state index contributed by atoms with van der Waals surface area (Å²) in [5, 5.41) is 8.14. The monoisotopic (exact) mass is 305 g/mol. The standard InChI is InChI=1S/C14H16ClN5O/c1-3-19-9-16-18-14(19)8-20-12-5-4-10(21-2)6-11(12)17-13(20)7-15/h4-6,9H,3,7-8H2,1-2H3. The summed E-state index contributed by atoms with van der Waals surface area (Å²) in [6.45, 7) is 3.49. The summed E-state index contributed by atoms with van der Waals surface area (Å²) in [6, 6.07) is 5.82. The molecule has 1 aromatic carbocycles. The second-order valence-electron chi connectivity index (χ2n) is 4.64. The third kappa shape index (κ3) is 2.47. The van der Waals surface area contributed by atoms with Crippen molar-refractivity contribution in [2.45, 2.75) is 25.9 Å². The van der Waals surface area contributed by atoms with Crippen molar-refractivity contribution in [3.05, 3.63) is 36.2 Å². The highest BCUT2D eigenvalue weighted by Gasteiger charge is 2.13. The molecule has 0 saturated heterocycles. The number of imidazole rings is 1. The van der Waals surface area contributed by atoms with E-state index in [2.05, 4.69) is 26.7 Å². The minimum Gasteiger partial charge on any atom is -0.497 e. The van der Waals surface area contributed by atoms with E-state index >= 15 is 0 Å². The zero-order chi connectivity index (χ0) is 14.8. The topological polar surface area (TPSA) is 57.8 Å². The molecule has 7 heteroatoms. The van der Waals surface area contributed by atoms with E-state index < -0.39 is 0 Å². The Morgan fingerprint density at radius 1 is 1.29 bits per heavy atom. The maximum absolute atomic E-state index is 6.03. The molecule has 0 atom stereocenters. The molecule has 0 aliphatic heterocycles. The van der Waals surface area contributed by atoms with Gasteiger partial charge in [0.2, 0.25) is 0 Å². The first-order chi connectivity index (χ1) is 10.3. The number of ether oxygens (including phenoxy) is 1. The molecular formula is C14H16ClN5O. The molecule has 0 radical (unpaired) electrons. The molecule has 0 unspecified atom stereocenters. The fourth-order valence-corrected chi connectivity index (χ4v) is 2.58. The Kier molecular flexibility index (Phi) is 3.79. The van der Waals surface area contributed by atoms with E-state index in [9.17, 15) is 0 Å². The smallest absolute Gasteiger partial charge is 0.152 e. The van der Waals surface area contributed by atoms with Crippen LogP contribution in [0, 0.1) is 0 Å². The highest BCUT2D eigenvalue weighted by Crippen LogP contribution is 2.23. The van der Waals surface area contributed by atoms with Crippen molar-refractivity contribution in [2.24, 2.45) is 0 Å². The Hall–Kier alpha value is -2.08. The number of aryl methyl sites for hydroxylation is 1. The van der Waals surface area contributed by atoms with Gasteiger partial charge in [0.25, 0.3) is 0 Å². The summed E-state index contributed by atoms with van der Waals surface area (Å²) >= 11 is 6.03. The van der Waals surface area contributed by atoms with Crippen molar-refractivity contribution < 1.29 is 4.74 Å². The minimum absolute atomic E-state index is 0.345. The van der Waals surface area contributed by atoms with E-state index in [0.717, 1.165) is 35.0 Å². The van der Waals surface area contributed by atoms with Crippen LogP contribution in [0.2, 0.25) is 0 Å². The molecule has 0 fully saturated rings. The highest BCUT2D eigenvalue weighted by atomic mass is 35.5. The van der Waals surface area contributed by atoms with Crippen LogP contribution in [0.4, 0.5) is 0 Å². The molecule has 3 aromatic rings. The first-order valence-electron chi connectivity index (χ1n) is 6.72. The molecule has 3 rings (SSSR count). The Labute approximate surface area is 127 Å². The number of halogens is 1. The molecule has 2 heterocycles. The number of aromatic nitrogens is 5. The van der Waals surface area contributed by atoms with Gasteiger partial charge in [0.1, 0.15) is 17.9 Å². The maximum Gasteiger partial charge on any atom is 0.152 e. The van der Waals surface area contributed by atoms with Crippen molar-refractivity contribution in [2.75, 3.05) is 7.11 Å². The summed E-state index contributed by atoms with van der Waals surface area (Å²) in [6.07, 6.45) is 1.73. The average molecular weight is 306 g/mol. The quantitative estimate of drug-likeness (QED) is 0.679. The molecule has 0 amide bonds. The average Bonchev–Trinajstić information content (AvgIpc) is 3.11. The summed E-state index contributed by atoms with van der Waals surface area (Å²) in [7, 11) is 1.64. The van der Waals surface area contributed by atoms with Crippen LogP contribution in [0.3, 0.4) is 0 Å². The Bertz CT molecular complexity index is 764. The number of nitrogens with zero attached hydrogens (tertiary/aromatic N) is 5. The summed E-state index contributed by atoms with van der Waals surface area (Å²) in [4.78, 5) is 4.57. The molecular weight excluding hydrogens is 290 g/mol. The number of hydrogen-bond donors (Lipinski definition) is 0. The Morgan fingerprint density at radius 2 is 2.14 bits per heavy atom. The van der Waals surface area contributed by atoms with E-state index in [1.807, 2.05) is 22.8 Å². The van der Waals surface area contributed by atoms with Crippen molar-refractivity contribution in [3.8, 4) is 5.75 Å². The lowest BCUT2D eigenvalue weighted by atomic mass is 10.3. The summed E-state index contributed by atoms with van der Waals surface area (Å²) in [5.41, 5.74) is 1.88. The molecule has 0 saturated carbocycles. The number of rotatable bonds is 5. The van der Waals surface area contributed by atoms with Gasteiger partial charge in [-0.05, 0) is 19.1 Å². The molecule has 110 valence electrons. The molecule has 0 aliphatic carbocycles. The number of fused-ring (bicyclic) bond motifs is 1. The molecule has 0 bridgehead atoms. The molecule has 0 N–H and O–H groups in total. The number of hydrogen-bond acceptors (Lipinski definition) is 4. The van der Waals surface area contributed by atoms with Gasteiger partial charge in [0.05, 0.1) is 30.6 Å². The van der Waals surface area contributed by atoms with Gasteiger partial charge in [-0.15, -0.1) is 21.8 Å². The molecule has 0 spiro atoms. The van der Waals surface area contributed by atoms with Crippen molar-refractivity contribution >= 4 is 22.6 Å². The lowest BCUT2D eigenvalue weighted by Gasteiger charge is -2.08. The maximum atomic E-state index is 6.03. The van der Waals surface area contributed by atoms with E-state index in [4.69, 9.17) is 16.3 Å². The van der Waals surface area contributed by atoms with E-state index in [-0.39, 0.29) is 0 Å². The Balaban J connectivity index is 2.08. The van der Waals surface area contributed by atoms with E-state index in [1.54, 1.807) is 13.4 Å². The van der Waals surface area contributed by atoms with Gasteiger partial charge in [-0.3, -0.25) is 0 Å². The van der Waals surface area contributed by atoms with E-state index in [1.165, 1.54) is 0 Å². The normalized spacial score (nSPS) is 11.2. The van der Waals surface area contributed by atoms with Crippen LogP contribution in [0.5, 0.6) is 5.75 Å². The third-order valence-corrected chi connectivity index (χ3v) is 3.73. The van der Waals surface area contributed by atoms with Gasteiger partial charge in [0, 0.05) is 12.6 Å². The van der Waals surface area contributed by atoms with Gasteiger partial charge in [-0.2, -0.15) is 0 Å². The molecule has 6 nitrogen and oxygen atoms in total. The van der Waals surface area contributed by atoms with Crippen molar-refractivity contribution in [3.63, 3.8) is 0 Å². The van der Waals surface area contributed by atoms with Gasteiger partial charge in [-0.1, -0.05) is 0 Å². The van der Waals surface area contributed by atoms with Crippen LogP contribution < -0.4 is 4.74 Å². The van der Waals surface area contributed by atoms with Crippen LogP contribution in [-0.2, 0) is 19.0 Å². The predicted octanol–water partition coefficient (Wildman–Crippen LogP) is 2.44. The van der Waals surface area contributed by atoms with Gasteiger partial charge < -0.3 is 13.9 Å². The van der Waals surface area contributed by atoms with Gasteiger partial charge >= 0.3 is 0 Å². The van der Waals surface area contributed by atoms with Crippen LogP contribution in [0.15, 0.2) is 24.5 Å². The van der Waals surface area contributed by atoms with Crippen LogP contribution in [0.25, 0.3) is 11.0 Å². The lowest BCUT2D eigenvalue weighted by Crippen LogP contribution is -2.09. The fraction of sp³-hybridized carbons (Fsp3) is 0.357. The first-order valence-corrected chi connectivity index (χ1v) is 7.26. The molecule has 0 aliphatic rings. The largest absolute Gasteiger partial charge is 0.497 e. The van der Waals surface area contributed by atoms with E-state index in [0.29, 0.717) is 12.4 Å². The first kappa shape index (κ1) is 13.9. The lowest BCUT2D eigenvalue weighted by molar-refractivity contribution is 0.415. The van der Waals surface area contributed by atoms with Crippen LogP contribution >= 0.6 is 11.6 Å². The predicted molar refractivity (Wildman–Crippen MR) is 80.6 cm³/mol. The molecule has 2 aromatic heterocycles. The zero-order valence-electron chi connectivity index (χ0n) is 12.0. The summed E-state index contributed by atoms with van der Waals surface area (Å²) in [5.74, 6) is 2.83. The SMILES string of the molecule is CCn1cnnc1Cn1c(CCl)nc2cc(OC)ccc21. The third-order valence-electron chi connectivity index (χ3n) is 3.49. The Morgan fingerprint density at radius 3 is 2.86 bits per heavy atom.